The van der Waals surface area contributed by atoms with Gasteiger partial charge in [-0.2, -0.15) is 0 Å². The molecule has 0 unspecified atom stereocenters. The Balaban J connectivity index is 4.36. The number of carboxylic acids is 1. The van der Waals surface area contributed by atoms with Gasteiger partial charge in [0.2, 0.25) is 11.8 Å². The number of hydrogen-bond acceptors (Lipinski definition) is 3. The Morgan fingerprint density at radius 2 is 1.50 bits per heavy atom. The fourth-order valence-corrected chi connectivity index (χ4v) is 1.63. The van der Waals surface area contributed by atoms with Gasteiger partial charge in [-0.1, -0.05) is 34.6 Å². The molecule has 0 aromatic carbocycles. The van der Waals surface area contributed by atoms with Crippen molar-refractivity contribution >= 4 is 17.8 Å². The molecule has 0 atom stereocenters. The van der Waals surface area contributed by atoms with Gasteiger partial charge in [-0.15, -0.1) is 0 Å². The van der Waals surface area contributed by atoms with Gasteiger partial charge in [0, 0.05) is 12.0 Å². The molecule has 116 valence electrons. The third-order valence-corrected chi connectivity index (χ3v) is 3.52. The topological polar surface area (TPSA) is 95.5 Å². The van der Waals surface area contributed by atoms with Gasteiger partial charge < -0.3 is 15.7 Å². The molecule has 0 saturated heterocycles. The largest absolute Gasteiger partial charge is 0.481 e. The smallest absolute Gasteiger partial charge is 0.311 e. The first-order valence-electron chi connectivity index (χ1n) is 6.87. The predicted molar refractivity (Wildman–Crippen MR) is 76.1 cm³/mol. The average Bonchev–Trinajstić information content (AvgIpc) is 2.36. The molecule has 2 amide bonds. The van der Waals surface area contributed by atoms with Crippen LogP contribution in [0, 0.1) is 10.8 Å². The van der Waals surface area contributed by atoms with Crippen LogP contribution in [0.5, 0.6) is 0 Å². The van der Waals surface area contributed by atoms with Gasteiger partial charge in [-0.3, -0.25) is 14.4 Å². The van der Waals surface area contributed by atoms with E-state index in [-0.39, 0.29) is 24.9 Å². The van der Waals surface area contributed by atoms with Crippen LogP contribution in [0.15, 0.2) is 0 Å². The summed E-state index contributed by atoms with van der Waals surface area (Å²) in [5.74, 6) is -1.51. The highest BCUT2D eigenvalue weighted by atomic mass is 16.4. The Hall–Kier alpha value is -1.59. The highest BCUT2D eigenvalue weighted by molar-refractivity contribution is 5.87. The van der Waals surface area contributed by atoms with Crippen molar-refractivity contribution in [2.45, 2.75) is 47.5 Å². The minimum atomic E-state index is -0.941. The summed E-state index contributed by atoms with van der Waals surface area (Å²) in [4.78, 5) is 34.5. The second kappa shape index (κ2) is 7.26. The van der Waals surface area contributed by atoms with Gasteiger partial charge in [-0.25, -0.2) is 0 Å². The van der Waals surface area contributed by atoms with E-state index in [2.05, 4.69) is 10.6 Å². The number of aliphatic carboxylic acids is 1. The summed E-state index contributed by atoms with van der Waals surface area (Å²) in [5.41, 5.74) is -1.50. The lowest BCUT2D eigenvalue weighted by atomic mass is 9.82. The zero-order chi connectivity index (χ0) is 16.0. The third-order valence-electron chi connectivity index (χ3n) is 3.52. The molecule has 0 rings (SSSR count). The van der Waals surface area contributed by atoms with E-state index in [1.807, 2.05) is 0 Å². The summed E-state index contributed by atoms with van der Waals surface area (Å²) in [6.45, 7) is 8.76. The van der Waals surface area contributed by atoms with Crippen LogP contribution >= 0.6 is 0 Å². The van der Waals surface area contributed by atoms with Crippen LogP contribution in [0.1, 0.15) is 47.5 Å². The quantitative estimate of drug-likeness (QED) is 0.654. The second-order valence-corrected chi connectivity index (χ2v) is 6.00. The van der Waals surface area contributed by atoms with Gasteiger partial charge in [0.25, 0.3) is 0 Å². The average molecular weight is 286 g/mol. The molecule has 0 aliphatic carbocycles. The summed E-state index contributed by atoms with van der Waals surface area (Å²) in [6, 6.07) is 0. The molecule has 0 bridgehead atoms. The maximum atomic E-state index is 11.7. The number of carboxylic acid groups (broad SMARTS) is 1. The second-order valence-electron chi connectivity index (χ2n) is 6.00. The van der Waals surface area contributed by atoms with Crippen molar-refractivity contribution in [1.29, 1.82) is 0 Å². The van der Waals surface area contributed by atoms with Crippen LogP contribution in [-0.4, -0.2) is 36.0 Å². The third kappa shape index (κ3) is 5.19. The number of rotatable bonds is 7. The zero-order valence-corrected chi connectivity index (χ0v) is 13.0. The van der Waals surface area contributed by atoms with Gasteiger partial charge in [0.05, 0.1) is 12.0 Å². The summed E-state index contributed by atoms with van der Waals surface area (Å²) in [5, 5.41) is 14.3. The van der Waals surface area contributed by atoms with E-state index in [1.165, 1.54) is 0 Å². The van der Waals surface area contributed by atoms with Crippen molar-refractivity contribution in [3.05, 3.63) is 0 Å². The molecule has 6 nitrogen and oxygen atoms in total. The van der Waals surface area contributed by atoms with Gasteiger partial charge in [-0.05, 0) is 12.8 Å². The molecular weight excluding hydrogens is 260 g/mol. The fraction of sp³-hybridized carbons (Fsp3) is 0.786. The van der Waals surface area contributed by atoms with E-state index in [9.17, 15) is 19.5 Å². The van der Waals surface area contributed by atoms with E-state index in [1.54, 1.807) is 34.6 Å². The van der Waals surface area contributed by atoms with Crippen molar-refractivity contribution in [1.82, 2.24) is 10.6 Å². The van der Waals surface area contributed by atoms with Crippen LogP contribution in [0.25, 0.3) is 0 Å². The molecule has 3 N–H and O–H groups in total. The molecule has 0 heterocycles. The Morgan fingerprint density at radius 1 is 1.00 bits per heavy atom. The van der Waals surface area contributed by atoms with Gasteiger partial charge in [0.1, 0.15) is 0 Å². The highest BCUT2D eigenvalue weighted by Gasteiger charge is 2.35. The Kier molecular flexibility index (Phi) is 6.68. The number of nitrogens with one attached hydrogen (secondary N) is 2. The van der Waals surface area contributed by atoms with E-state index < -0.39 is 16.8 Å². The monoisotopic (exact) mass is 286 g/mol. The SMILES string of the molecule is CCC(CC)(CNC(=O)CNC(=O)C(C)(C)C)C(=O)O. The molecule has 0 aliphatic rings. The van der Waals surface area contributed by atoms with Crippen LogP contribution < -0.4 is 10.6 Å². The molecule has 6 heteroatoms. The first kappa shape index (κ1) is 18.4. The van der Waals surface area contributed by atoms with E-state index in [0.29, 0.717) is 12.8 Å². The Morgan fingerprint density at radius 3 is 1.85 bits per heavy atom. The first-order chi connectivity index (χ1) is 9.09. The Bertz CT molecular complexity index is 368. The van der Waals surface area contributed by atoms with E-state index in [4.69, 9.17) is 0 Å². The number of amides is 2. The van der Waals surface area contributed by atoms with E-state index >= 15 is 0 Å². The number of carbonyl (C=O) groups excluding carboxylic acids is 2. The maximum Gasteiger partial charge on any atom is 0.311 e. The molecule has 0 aromatic heterocycles. The first-order valence-corrected chi connectivity index (χ1v) is 6.87. The normalized spacial score (nSPS) is 11.8. The molecule has 0 saturated carbocycles. The summed E-state index contributed by atoms with van der Waals surface area (Å²) in [6.07, 6.45) is 0.876. The summed E-state index contributed by atoms with van der Waals surface area (Å²) < 4.78 is 0. The van der Waals surface area contributed by atoms with Crippen molar-refractivity contribution in [3.63, 3.8) is 0 Å². The van der Waals surface area contributed by atoms with Gasteiger partial charge in [0.15, 0.2) is 0 Å². The summed E-state index contributed by atoms with van der Waals surface area (Å²) >= 11 is 0. The van der Waals surface area contributed by atoms with E-state index in [0.717, 1.165) is 0 Å². The van der Waals surface area contributed by atoms with Crippen LogP contribution in [-0.2, 0) is 14.4 Å². The Labute approximate surface area is 120 Å². The fourth-order valence-electron chi connectivity index (χ4n) is 1.63. The lowest BCUT2D eigenvalue weighted by Crippen LogP contribution is -2.46. The number of hydrogen-bond donors (Lipinski definition) is 3. The molecule has 0 radical (unpaired) electrons. The molecule has 0 aromatic rings. The molecule has 0 spiro atoms. The molecule has 20 heavy (non-hydrogen) atoms. The maximum absolute atomic E-state index is 11.7. The van der Waals surface area contributed by atoms with Gasteiger partial charge >= 0.3 is 5.97 Å². The lowest BCUT2D eigenvalue weighted by Gasteiger charge is -2.27. The van der Waals surface area contributed by atoms with Crippen molar-refractivity contribution in [2.24, 2.45) is 10.8 Å². The van der Waals surface area contributed by atoms with Crippen LogP contribution in [0.2, 0.25) is 0 Å². The highest BCUT2D eigenvalue weighted by Crippen LogP contribution is 2.25. The predicted octanol–water partition coefficient (Wildman–Crippen LogP) is 1.16. The van der Waals surface area contributed by atoms with Crippen LogP contribution in [0.3, 0.4) is 0 Å². The minimum Gasteiger partial charge on any atom is -0.481 e. The minimum absolute atomic E-state index is 0.0690. The number of carbonyl (C=O) groups is 3. The van der Waals surface area contributed by atoms with Crippen molar-refractivity contribution < 1.29 is 19.5 Å². The van der Waals surface area contributed by atoms with Crippen LogP contribution in [0.4, 0.5) is 0 Å². The molecule has 0 fully saturated rings. The lowest BCUT2D eigenvalue weighted by molar-refractivity contribution is -0.149. The standard InChI is InChI=1S/C14H26N2O4/c1-6-14(7-2,12(19)20)9-16-10(17)8-15-11(18)13(3,4)5/h6-9H2,1-5H3,(H,15,18)(H,16,17)(H,19,20). The summed E-state index contributed by atoms with van der Waals surface area (Å²) in [7, 11) is 0. The molecular formula is C14H26N2O4. The zero-order valence-electron chi connectivity index (χ0n) is 13.0. The van der Waals surface area contributed by atoms with Crippen molar-refractivity contribution in [3.8, 4) is 0 Å². The van der Waals surface area contributed by atoms with Crippen molar-refractivity contribution in [2.75, 3.05) is 13.1 Å². The molecule has 0 aliphatic heterocycles.